The molecule has 0 aliphatic heterocycles. The van der Waals surface area contributed by atoms with Crippen LogP contribution in [-0.4, -0.2) is 32.1 Å². The van der Waals surface area contributed by atoms with E-state index in [-0.39, 0.29) is 38.5 Å². The summed E-state index contributed by atoms with van der Waals surface area (Å²) in [5.41, 5.74) is 0. The molecular formula is C14H30O3SY-2. The van der Waals surface area contributed by atoms with Gasteiger partial charge in [0, 0.05) is 39.3 Å². The Morgan fingerprint density at radius 2 is 1.53 bits per heavy atom. The van der Waals surface area contributed by atoms with Crippen molar-refractivity contribution in [3.8, 4) is 0 Å². The monoisotopic (exact) mass is 367 g/mol. The number of sulfone groups is 1. The number of unbranched alkanes of at least 4 members (excludes halogenated alkanes) is 1. The van der Waals surface area contributed by atoms with Crippen LogP contribution in [0.15, 0.2) is 0 Å². The molecule has 0 fully saturated rings. The Balaban J connectivity index is -0.000000448. The molecule has 3 nitrogen and oxygen atoms in total. The summed E-state index contributed by atoms with van der Waals surface area (Å²) in [5.74, 6) is 1.52. The van der Waals surface area contributed by atoms with Crippen LogP contribution in [0.1, 0.15) is 54.4 Å². The van der Waals surface area contributed by atoms with Gasteiger partial charge in [-0.2, -0.15) is 27.2 Å². The Labute approximate surface area is 146 Å². The normalized spacial score (nSPS) is 11.6. The maximum absolute atomic E-state index is 11.6. The van der Waals surface area contributed by atoms with Gasteiger partial charge in [0.05, 0.1) is 17.1 Å². The van der Waals surface area contributed by atoms with Crippen molar-refractivity contribution in [2.45, 2.75) is 59.1 Å². The van der Waals surface area contributed by atoms with Gasteiger partial charge in [0.1, 0.15) is 0 Å². The summed E-state index contributed by atoms with van der Waals surface area (Å²) in [6.07, 6.45) is 1.71. The smallest absolute Gasteiger partial charge is 0.157 e. The predicted molar refractivity (Wildman–Crippen MR) is 79.2 cm³/mol. The fraction of sp³-hybridized carbons (Fsp3) is 0.857. The number of hydrogen-bond acceptors (Lipinski definition) is 3. The molecule has 0 aromatic carbocycles. The van der Waals surface area contributed by atoms with E-state index in [0.717, 1.165) is 12.8 Å². The molecule has 0 aromatic rings. The molecule has 0 amide bonds. The zero-order valence-corrected chi connectivity index (χ0v) is 17.1. The van der Waals surface area contributed by atoms with Crippen molar-refractivity contribution in [2.24, 2.45) is 0 Å². The van der Waals surface area contributed by atoms with Gasteiger partial charge in [-0.3, -0.25) is 0 Å². The Morgan fingerprint density at radius 1 is 1.11 bits per heavy atom. The zero-order valence-electron chi connectivity index (χ0n) is 13.5. The fourth-order valence-corrected chi connectivity index (χ4v) is 1.73. The molecule has 0 aliphatic rings. The summed E-state index contributed by atoms with van der Waals surface area (Å²) >= 11 is 0. The predicted octanol–water partition coefficient (Wildman–Crippen LogP) is 3.45. The molecule has 0 rings (SSSR count). The Hall–Kier alpha value is 1.01. The molecule has 0 saturated carbocycles. The van der Waals surface area contributed by atoms with Crippen LogP contribution in [0.4, 0.5) is 0 Å². The van der Waals surface area contributed by atoms with Crippen LogP contribution in [0, 0.1) is 12.8 Å². The van der Waals surface area contributed by atoms with Crippen molar-refractivity contribution in [3.63, 3.8) is 0 Å². The van der Waals surface area contributed by atoms with Crippen LogP contribution in [-0.2, 0) is 47.3 Å². The maximum Gasteiger partial charge on any atom is 0.157 e. The van der Waals surface area contributed by atoms with E-state index in [4.69, 9.17) is 4.74 Å². The van der Waals surface area contributed by atoms with Crippen LogP contribution < -0.4 is 0 Å². The first-order chi connectivity index (χ1) is 8.04. The van der Waals surface area contributed by atoms with E-state index in [1.807, 2.05) is 0 Å². The van der Waals surface area contributed by atoms with E-state index in [1.165, 1.54) is 5.92 Å². The zero-order chi connectivity index (χ0) is 14.8. The summed E-state index contributed by atoms with van der Waals surface area (Å²) in [5, 5.41) is 0. The number of rotatable bonds is 6. The summed E-state index contributed by atoms with van der Waals surface area (Å²) in [4.78, 5) is 0. The molecule has 0 bridgehead atoms. The summed E-state index contributed by atoms with van der Waals surface area (Å²) < 4.78 is 27.7. The Kier molecular flexibility index (Phi) is 16.7. The first-order valence-electron chi connectivity index (χ1n) is 6.40. The van der Waals surface area contributed by atoms with E-state index in [2.05, 4.69) is 27.7 Å². The van der Waals surface area contributed by atoms with Gasteiger partial charge in [-0.1, -0.05) is 6.42 Å². The molecule has 0 aliphatic carbocycles. The maximum atomic E-state index is 11.6. The second kappa shape index (κ2) is 12.7. The summed E-state index contributed by atoms with van der Waals surface area (Å²) in [6.45, 7) is 15.9. The van der Waals surface area contributed by atoms with Crippen LogP contribution in [0.2, 0.25) is 0 Å². The molecule has 1 radical (unpaired) electrons. The van der Waals surface area contributed by atoms with Crippen molar-refractivity contribution in [2.75, 3.05) is 19.0 Å². The van der Waals surface area contributed by atoms with Gasteiger partial charge in [-0.15, -0.1) is 0 Å². The largest absolute Gasteiger partial charge is 0.380 e. The number of hydrogen-bond donors (Lipinski definition) is 0. The fourth-order valence-electron chi connectivity index (χ4n) is 0.781. The van der Waals surface area contributed by atoms with Crippen molar-refractivity contribution in [1.29, 1.82) is 0 Å². The summed E-state index contributed by atoms with van der Waals surface area (Å²) in [6, 6.07) is 0. The molecule has 0 heterocycles. The first kappa shape index (κ1) is 25.0. The molecule has 0 atom stereocenters. The average Bonchev–Trinajstić information content (AvgIpc) is 2.14. The Morgan fingerprint density at radius 3 is 1.84 bits per heavy atom. The molecule has 115 valence electrons. The van der Waals surface area contributed by atoms with E-state index in [0.29, 0.717) is 13.2 Å². The first-order valence-corrected chi connectivity index (χ1v) is 8.06. The summed E-state index contributed by atoms with van der Waals surface area (Å²) in [7, 11) is -3.03. The van der Waals surface area contributed by atoms with E-state index >= 15 is 0 Å². The molecule has 0 unspecified atom stereocenters. The van der Waals surface area contributed by atoms with Gasteiger partial charge in [0.2, 0.25) is 0 Å². The van der Waals surface area contributed by atoms with Crippen molar-refractivity contribution in [1.82, 2.24) is 0 Å². The number of ether oxygens (including phenoxy) is 1. The average molecular weight is 367 g/mol. The minimum absolute atomic E-state index is 0. The minimum atomic E-state index is -3.03. The van der Waals surface area contributed by atoms with Gasteiger partial charge >= 0.3 is 0 Å². The van der Waals surface area contributed by atoms with Crippen LogP contribution >= 0.6 is 0 Å². The van der Waals surface area contributed by atoms with E-state index in [1.54, 1.807) is 20.8 Å². The molecular weight excluding hydrogens is 337 g/mol. The second-order valence-corrected chi connectivity index (χ2v) is 8.61. The molecule has 5 heteroatoms. The standard InChI is InChI=1S/C10H21O3S.C4H9.Y/c1-5-6-7-13-8-9-14(11,12)10(2,3)4;1-4(2)3;/h1,5-9H2,2-4H3;1-3H3;/q2*-1;. The molecule has 0 N–H and O–H groups in total. The second-order valence-electron chi connectivity index (χ2n) is 5.75. The van der Waals surface area contributed by atoms with Crippen molar-refractivity contribution in [3.05, 3.63) is 12.8 Å². The topological polar surface area (TPSA) is 43.4 Å². The molecule has 19 heavy (non-hydrogen) atoms. The third-order valence-electron chi connectivity index (χ3n) is 1.97. The van der Waals surface area contributed by atoms with E-state index < -0.39 is 14.6 Å². The van der Waals surface area contributed by atoms with Crippen LogP contribution in [0.3, 0.4) is 0 Å². The van der Waals surface area contributed by atoms with Gasteiger partial charge in [-0.25, -0.2) is 8.42 Å². The van der Waals surface area contributed by atoms with Gasteiger partial charge in [0.15, 0.2) is 9.84 Å². The third-order valence-corrected chi connectivity index (χ3v) is 4.54. The van der Waals surface area contributed by atoms with Crippen LogP contribution in [0.5, 0.6) is 0 Å². The Bertz CT molecular complexity index is 277. The SMILES string of the molecule is C[C-](C)C.[CH2-]CCCOCCS(=O)(=O)C(C)(C)C.[Y]. The van der Waals surface area contributed by atoms with Crippen molar-refractivity contribution >= 4 is 9.84 Å². The quantitative estimate of drug-likeness (QED) is 0.534. The van der Waals surface area contributed by atoms with E-state index in [9.17, 15) is 8.42 Å². The van der Waals surface area contributed by atoms with Crippen molar-refractivity contribution < 1.29 is 45.9 Å². The van der Waals surface area contributed by atoms with Gasteiger partial charge in [0.25, 0.3) is 0 Å². The minimum Gasteiger partial charge on any atom is -0.380 e. The van der Waals surface area contributed by atoms with Gasteiger partial charge in [-0.05, 0) is 20.8 Å². The van der Waals surface area contributed by atoms with Gasteiger partial charge < -0.3 is 17.6 Å². The molecule has 0 saturated heterocycles. The van der Waals surface area contributed by atoms with Crippen LogP contribution in [0.25, 0.3) is 0 Å². The molecule has 0 spiro atoms. The third kappa shape index (κ3) is 17.0. The molecule has 0 aromatic heterocycles.